The molecule has 0 radical (unpaired) electrons. The van der Waals surface area contributed by atoms with E-state index in [0.717, 1.165) is 6.54 Å². The van der Waals surface area contributed by atoms with Crippen LogP contribution in [0.25, 0.3) is 0 Å². The molecule has 1 aromatic heterocycles. The van der Waals surface area contributed by atoms with Gasteiger partial charge >= 0.3 is 0 Å². The van der Waals surface area contributed by atoms with Gasteiger partial charge in [0.05, 0.1) is 5.51 Å². The molecule has 0 amide bonds. The van der Waals surface area contributed by atoms with Gasteiger partial charge in [0.1, 0.15) is 0 Å². The van der Waals surface area contributed by atoms with E-state index in [0.29, 0.717) is 0 Å². The van der Waals surface area contributed by atoms with Gasteiger partial charge in [-0.25, -0.2) is 0 Å². The molecule has 2 aliphatic rings. The van der Waals surface area contributed by atoms with Crippen LogP contribution in [0.5, 0.6) is 0 Å². The zero-order valence-electron chi connectivity index (χ0n) is 13.0. The van der Waals surface area contributed by atoms with Crippen LogP contribution >= 0.6 is 11.3 Å². The Morgan fingerprint density at radius 3 is 2.19 bits per heavy atom. The first-order chi connectivity index (χ1) is 10.4. The van der Waals surface area contributed by atoms with Crippen LogP contribution in [0.1, 0.15) is 30.6 Å². The van der Waals surface area contributed by atoms with Gasteiger partial charge in [0.2, 0.25) is 0 Å². The summed E-state index contributed by atoms with van der Waals surface area (Å²) in [5.74, 6) is 0. The summed E-state index contributed by atoms with van der Waals surface area (Å²) in [6.07, 6.45) is 7.62. The zero-order valence-corrected chi connectivity index (χ0v) is 13.9. The molecule has 3 heterocycles. The first kappa shape index (κ1) is 15.4. The van der Waals surface area contributed by atoms with Crippen molar-refractivity contribution in [1.29, 1.82) is 0 Å². The Morgan fingerprint density at radius 1 is 0.857 bits per heavy atom. The quantitative estimate of drug-likeness (QED) is 0.803. The Labute approximate surface area is 132 Å². The van der Waals surface area contributed by atoms with E-state index in [2.05, 4.69) is 19.7 Å². The lowest BCUT2D eigenvalue weighted by Gasteiger charge is -2.35. The second-order valence-corrected chi connectivity index (χ2v) is 7.31. The van der Waals surface area contributed by atoms with E-state index >= 15 is 0 Å². The fourth-order valence-electron chi connectivity index (χ4n) is 3.41. The number of likely N-dealkylation sites (tertiary alicyclic amines) is 1. The maximum atomic E-state index is 4.16. The summed E-state index contributed by atoms with van der Waals surface area (Å²) >= 11 is 1.78. The van der Waals surface area contributed by atoms with Crippen LogP contribution < -0.4 is 0 Å². The maximum Gasteiger partial charge on any atom is 0.0794 e. The largest absolute Gasteiger partial charge is 0.303 e. The van der Waals surface area contributed by atoms with Gasteiger partial charge in [0, 0.05) is 43.8 Å². The van der Waals surface area contributed by atoms with Crippen molar-refractivity contribution in [3.05, 3.63) is 16.6 Å². The van der Waals surface area contributed by atoms with Crippen LogP contribution in [0.3, 0.4) is 0 Å². The van der Waals surface area contributed by atoms with Gasteiger partial charge in [-0.1, -0.05) is 6.42 Å². The van der Waals surface area contributed by atoms with Crippen molar-refractivity contribution >= 4 is 11.3 Å². The summed E-state index contributed by atoms with van der Waals surface area (Å²) in [7, 11) is 0. The molecule has 118 valence electrons. The highest BCUT2D eigenvalue weighted by atomic mass is 32.1. The van der Waals surface area contributed by atoms with Crippen molar-refractivity contribution in [3.63, 3.8) is 0 Å². The number of aromatic nitrogens is 1. The molecule has 0 atom stereocenters. The molecule has 0 aromatic carbocycles. The monoisotopic (exact) mass is 308 g/mol. The van der Waals surface area contributed by atoms with E-state index in [1.807, 2.05) is 11.7 Å². The lowest BCUT2D eigenvalue weighted by Crippen LogP contribution is -2.46. The van der Waals surface area contributed by atoms with Crippen molar-refractivity contribution in [3.8, 4) is 0 Å². The first-order valence-electron chi connectivity index (χ1n) is 8.44. The van der Waals surface area contributed by atoms with Crippen LogP contribution in [0, 0.1) is 0 Å². The molecule has 2 aliphatic heterocycles. The topological polar surface area (TPSA) is 22.6 Å². The van der Waals surface area contributed by atoms with Gasteiger partial charge in [-0.3, -0.25) is 9.88 Å². The second kappa shape index (κ2) is 8.22. The first-order valence-corrected chi connectivity index (χ1v) is 9.32. The van der Waals surface area contributed by atoms with Crippen molar-refractivity contribution in [2.45, 2.75) is 32.2 Å². The molecular weight excluding hydrogens is 280 g/mol. The predicted octanol–water partition coefficient (Wildman–Crippen LogP) is 2.14. The molecule has 4 nitrogen and oxygen atoms in total. The third-order valence-corrected chi connectivity index (χ3v) is 5.49. The summed E-state index contributed by atoms with van der Waals surface area (Å²) in [6, 6.07) is 0. The number of rotatable bonds is 6. The van der Waals surface area contributed by atoms with Crippen molar-refractivity contribution in [1.82, 2.24) is 19.7 Å². The Bertz CT molecular complexity index is 381. The zero-order chi connectivity index (χ0) is 14.3. The van der Waals surface area contributed by atoms with Gasteiger partial charge in [-0.05, 0) is 45.4 Å². The minimum Gasteiger partial charge on any atom is -0.303 e. The van der Waals surface area contributed by atoms with Gasteiger partial charge in [0.15, 0.2) is 0 Å². The molecular formula is C16H28N4S. The van der Waals surface area contributed by atoms with Crippen LogP contribution in [0.15, 0.2) is 11.7 Å². The molecule has 0 unspecified atom stereocenters. The lowest BCUT2D eigenvalue weighted by molar-refractivity contribution is 0.121. The van der Waals surface area contributed by atoms with Crippen LogP contribution in [0.2, 0.25) is 0 Å². The normalized spacial score (nSPS) is 22.7. The molecule has 0 bridgehead atoms. The molecule has 0 saturated carbocycles. The molecule has 5 heteroatoms. The minimum absolute atomic E-state index is 1.09. The van der Waals surface area contributed by atoms with Crippen molar-refractivity contribution < 1.29 is 0 Å². The Balaban J connectivity index is 1.28. The third-order valence-electron chi connectivity index (χ3n) is 4.73. The second-order valence-electron chi connectivity index (χ2n) is 6.34. The van der Waals surface area contributed by atoms with E-state index in [4.69, 9.17) is 0 Å². The van der Waals surface area contributed by atoms with Gasteiger partial charge < -0.3 is 9.80 Å². The highest BCUT2D eigenvalue weighted by Crippen LogP contribution is 2.12. The van der Waals surface area contributed by atoms with E-state index < -0.39 is 0 Å². The van der Waals surface area contributed by atoms with Crippen LogP contribution in [-0.4, -0.2) is 72.0 Å². The number of thiazole rings is 1. The molecule has 3 rings (SSSR count). The average molecular weight is 308 g/mol. The minimum atomic E-state index is 1.09. The van der Waals surface area contributed by atoms with E-state index in [9.17, 15) is 0 Å². The van der Waals surface area contributed by atoms with Crippen molar-refractivity contribution in [2.75, 3.05) is 52.4 Å². The fourth-order valence-corrected chi connectivity index (χ4v) is 4.05. The molecule has 2 fully saturated rings. The highest BCUT2D eigenvalue weighted by Gasteiger charge is 2.17. The van der Waals surface area contributed by atoms with Crippen LogP contribution in [0.4, 0.5) is 0 Å². The SMILES string of the molecule is c1ncc(CN2CCN(CCCN3CCCCC3)CC2)s1. The fraction of sp³-hybridized carbons (Fsp3) is 0.812. The van der Waals surface area contributed by atoms with Gasteiger partial charge in [-0.15, -0.1) is 11.3 Å². The predicted molar refractivity (Wildman–Crippen MR) is 88.7 cm³/mol. The van der Waals surface area contributed by atoms with Crippen molar-refractivity contribution in [2.24, 2.45) is 0 Å². The van der Waals surface area contributed by atoms with Gasteiger partial charge in [0.25, 0.3) is 0 Å². The number of piperidine rings is 1. The smallest absolute Gasteiger partial charge is 0.0794 e. The van der Waals surface area contributed by atoms with Gasteiger partial charge in [-0.2, -0.15) is 0 Å². The maximum absolute atomic E-state index is 4.16. The number of hydrogen-bond acceptors (Lipinski definition) is 5. The Hall–Kier alpha value is -0.490. The Morgan fingerprint density at radius 2 is 1.52 bits per heavy atom. The highest BCUT2D eigenvalue weighted by molar-refractivity contribution is 7.09. The summed E-state index contributed by atoms with van der Waals surface area (Å²) < 4.78 is 0. The van der Waals surface area contributed by atoms with Crippen LogP contribution in [-0.2, 0) is 6.54 Å². The molecule has 2 saturated heterocycles. The Kier molecular flexibility index (Phi) is 6.03. The van der Waals surface area contributed by atoms with E-state index in [1.165, 1.54) is 82.9 Å². The molecule has 0 N–H and O–H groups in total. The molecule has 0 aliphatic carbocycles. The summed E-state index contributed by atoms with van der Waals surface area (Å²) in [5, 5.41) is 0. The number of nitrogens with zero attached hydrogens (tertiary/aromatic N) is 4. The third kappa shape index (κ3) is 5.02. The molecule has 0 spiro atoms. The molecule has 1 aromatic rings. The lowest BCUT2D eigenvalue weighted by atomic mass is 10.1. The molecule has 21 heavy (non-hydrogen) atoms. The van der Waals surface area contributed by atoms with E-state index in [-0.39, 0.29) is 0 Å². The van der Waals surface area contributed by atoms with E-state index in [1.54, 1.807) is 11.3 Å². The average Bonchev–Trinajstić information content (AvgIpc) is 3.03. The number of hydrogen-bond donors (Lipinski definition) is 0. The summed E-state index contributed by atoms with van der Waals surface area (Å²) in [5.41, 5.74) is 1.94. The standard InChI is InChI=1S/C16H28N4S/c1-2-5-18(6-3-1)7-4-8-19-9-11-20(12-10-19)14-16-13-17-15-21-16/h13,15H,1-12,14H2. The summed E-state index contributed by atoms with van der Waals surface area (Å²) in [6.45, 7) is 11.2. The number of piperazine rings is 1. The summed E-state index contributed by atoms with van der Waals surface area (Å²) in [4.78, 5) is 13.4.